The van der Waals surface area contributed by atoms with Crippen LogP contribution >= 0.6 is 0 Å². The Balaban J connectivity index is 1.61. The van der Waals surface area contributed by atoms with Crippen molar-refractivity contribution >= 4 is 15.9 Å². The average Bonchev–Trinajstić information content (AvgIpc) is 3.20. The van der Waals surface area contributed by atoms with Gasteiger partial charge in [-0.25, -0.2) is 8.42 Å². The van der Waals surface area contributed by atoms with Gasteiger partial charge in [-0.15, -0.1) is 0 Å². The van der Waals surface area contributed by atoms with Crippen molar-refractivity contribution in [2.45, 2.75) is 37.5 Å². The summed E-state index contributed by atoms with van der Waals surface area (Å²) in [5, 5.41) is 0. The van der Waals surface area contributed by atoms with Gasteiger partial charge in [0.15, 0.2) is 0 Å². The van der Waals surface area contributed by atoms with Crippen molar-refractivity contribution < 1.29 is 17.6 Å². The molecule has 0 spiro atoms. The molecule has 2 heterocycles. The van der Waals surface area contributed by atoms with E-state index in [-0.39, 0.29) is 12.3 Å². The SMILES string of the molecule is CCC(C)c1ccc(S(=O)(=O)N2CCN(C(=O)Cc3ccco3)CC2)cc1. The molecule has 1 aliphatic heterocycles. The molecule has 0 radical (unpaired) electrons. The van der Waals surface area contributed by atoms with Crippen LogP contribution in [0.5, 0.6) is 0 Å². The van der Waals surface area contributed by atoms with Crippen molar-refractivity contribution in [2.75, 3.05) is 26.2 Å². The van der Waals surface area contributed by atoms with E-state index in [1.54, 1.807) is 35.4 Å². The minimum absolute atomic E-state index is 0.0418. The first-order chi connectivity index (χ1) is 12.9. The van der Waals surface area contributed by atoms with Crippen molar-refractivity contribution in [3.05, 3.63) is 54.0 Å². The molecule has 0 saturated carbocycles. The zero-order valence-electron chi connectivity index (χ0n) is 15.8. The number of nitrogens with zero attached hydrogens (tertiary/aromatic N) is 2. The third-order valence-electron chi connectivity index (χ3n) is 5.20. The number of hydrogen-bond acceptors (Lipinski definition) is 4. The van der Waals surface area contributed by atoms with Gasteiger partial charge in [-0.2, -0.15) is 4.31 Å². The van der Waals surface area contributed by atoms with Crippen LogP contribution in [-0.4, -0.2) is 49.7 Å². The van der Waals surface area contributed by atoms with Crippen LogP contribution in [-0.2, 0) is 21.2 Å². The number of piperazine rings is 1. The molecule has 27 heavy (non-hydrogen) atoms. The van der Waals surface area contributed by atoms with Gasteiger partial charge in [0, 0.05) is 26.2 Å². The maximum absolute atomic E-state index is 12.9. The van der Waals surface area contributed by atoms with Crippen molar-refractivity contribution in [1.82, 2.24) is 9.21 Å². The summed E-state index contributed by atoms with van der Waals surface area (Å²) in [4.78, 5) is 14.3. The first kappa shape index (κ1) is 19.6. The number of amides is 1. The molecule has 6 nitrogen and oxygen atoms in total. The summed E-state index contributed by atoms with van der Waals surface area (Å²) in [6, 6.07) is 10.7. The number of carbonyl (C=O) groups excluding carboxylic acids is 1. The van der Waals surface area contributed by atoms with Crippen LogP contribution in [0.4, 0.5) is 0 Å². The highest BCUT2D eigenvalue weighted by molar-refractivity contribution is 7.89. The molecule has 0 aliphatic carbocycles. The van der Waals surface area contributed by atoms with Crippen LogP contribution in [0.1, 0.15) is 37.5 Å². The largest absolute Gasteiger partial charge is 0.469 e. The van der Waals surface area contributed by atoms with E-state index < -0.39 is 10.0 Å². The molecular formula is C20H26N2O4S. The van der Waals surface area contributed by atoms with E-state index in [1.807, 2.05) is 12.1 Å². The van der Waals surface area contributed by atoms with Gasteiger partial charge in [-0.3, -0.25) is 4.79 Å². The molecule has 1 saturated heterocycles. The molecule has 2 aromatic rings. The summed E-state index contributed by atoms with van der Waals surface area (Å²) in [5.41, 5.74) is 1.14. The molecule has 1 aromatic carbocycles. The summed E-state index contributed by atoms with van der Waals surface area (Å²) in [6.45, 7) is 5.64. The first-order valence-electron chi connectivity index (χ1n) is 9.32. The van der Waals surface area contributed by atoms with E-state index in [0.29, 0.717) is 42.8 Å². The highest BCUT2D eigenvalue weighted by atomic mass is 32.2. The zero-order valence-corrected chi connectivity index (χ0v) is 16.6. The Morgan fingerprint density at radius 2 is 1.78 bits per heavy atom. The van der Waals surface area contributed by atoms with Gasteiger partial charge in [-0.1, -0.05) is 26.0 Å². The lowest BCUT2D eigenvalue weighted by atomic mass is 9.99. The Morgan fingerprint density at radius 1 is 1.11 bits per heavy atom. The van der Waals surface area contributed by atoms with Gasteiger partial charge >= 0.3 is 0 Å². The highest BCUT2D eigenvalue weighted by Crippen LogP contribution is 2.23. The smallest absolute Gasteiger partial charge is 0.243 e. The predicted molar refractivity (Wildman–Crippen MR) is 103 cm³/mol. The van der Waals surface area contributed by atoms with E-state index in [0.717, 1.165) is 12.0 Å². The Bertz CT molecular complexity index is 852. The molecule has 1 fully saturated rings. The number of furan rings is 1. The van der Waals surface area contributed by atoms with Crippen LogP contribution in [0.25, 0.3) is 0 Å². The molecule has 1 amide bonds. The van der Waals surface area contributed by atoms with Crippen LogP contribution in [0, 0.1) is 0 Å². The fraction of sp³-hybridized carbons (Fsp3) is 0.450. The lowest BCUT2D eigenvalue weighted by Gasteiger charge is -2.34. The monoisotopic (exact) mass is 390 g/mol. The van der Waals surface area contributed by atoms with Gasteiger partial charge in [0.1, 0.15) is 5.76 Å². The average molecular weight is 391 g/mol. The molecule has 1 unspecified atom stereocenters. The highest BCUT2D eigenvalue weighted by Gasteiger charge is 2.30. The fourth-order valence-corrected chi connectivity index (χ4v) is 4.63. The minimum atomic E-state index is -3.53. The number of rotatable bonds is 6. The van der Waals surface area contributed by atoms with E-state index in [1.165, 1.54) is 4.31 Å². The third-order valence-corrected chi connectivity index (χ3v) is 7.11. The molecule has 146 valence electrons. The molecule has 7 heteroatoms. The van der Waals surface area contributed by atoms with Gasteiger partial charge in [0.05, 0.1) is 17.6 Å². The normalized spacial score (nSPS) is 17.0. The number of hydrogen-bond donors (Lipinski definition) is 0. The Kier molecular flexibility index (Phi) is 6.01. The van der Waals surface area contributed by atoms with E-state index in [9.17, 15) is 13.2 Å². The topological polar surface area (TPSA) is 70.8 Å². The van der Waals surface area contributed by atoms with Gasteiger partial charge < -0.3 is 9.32 Å². The molecule has 1 aliphatic rings. The third kappa shape index (κ3) is 4.42. The zero-order chi connectivity index (χ0) is 19.4. The van der Waals surface area contributed by atoms with E-state index >= 15 is 0 Å². The van der Waals surface area contributed by atoms with Gasteiger partial charge in [0.25, 0.3) is 0 Å². The first-order valence-corrected chi connectivity index (χ1v) is 10.8. The van der Waals surface area contributed by atoms with Crippen LogP contribution < -0.4 is 0 Å². The number of carbonyl (C=O) groups is 1. The van der Waals surface area contributed by atoms with Crippen molar-refractivity contribution in [3.8, 4) is 0 Å². The molecule has 1 atom stereocenters. The van der Waals surface area contributed by atoms with Crippen molar-refractivity contribution in [2.24, 2.45) is 0 Å². The Labute approximate surface area is 160 Å². The Morgan fingerprint density at radius 3 is 2.33 bits per heavy atom. The second kappa shape index (κ2) is 8.27. The Hall–Kier alpha value is -2.12. The fourth-order valence-electron chi connectivity index (χ4n) is 3.20. The van der Waals surface area contributed by atoms with Crippen LogP contribution in [0.3, 0.4) is 0 Å². The van der Waals surface area contributed by atoms with Crippen LogP contribution in [0.15, 0.2) is 52.0 Å². The quantitative estimate of drug-likeness (QED) is 0.760. The number of sulfonamides is 1. The summed E-state index contributed by atoms with van der Waals surface area (Å²) < 4.78 is 32.4. The summed E-state index contributed by atoms with van der Waals surface area (Å²) in [6.07, 6.45) is 2.76. The maximum Gasteiger partial charge on any atom is 0.243 e. The number of benzene rings is 1. The van der Waals surface area contributed by atoms with E-state index in [2.05, 4.69) is 13.8 Å². The second-order valence-corrected chi connectivity index (χ2v) is 8.86. The molecule has 3 rings (SSSR count). The summed E-state index contributed by atoms with van der Waals surface area (Å²) in [7, 11) is -3.53. The molecule has 0 N–H and O–H groups in total. The second-order valence-electron chi connectivity index (χ2n) is 6.92. The van der Waals surface area contributed by atoms with Gasteiger partial charge in [-0.05, 0) is 42.2 Å². The van der Waals surface area contributed by atoms with Gasteiger partial charge in [0.2, 0.25) is 15.9 Å². The minimum Gasteiger partial charge on any atom is -0.469 e. The summed E-state index contributed by atoms with van der Waals surface area (Å²) in [5.74, 6) is 0.988. The van der Waals surface area contributed by atoms with Crippen molar-refractivity contribution in [1.29, 1.82) is 0 Å². The standard InChI is InChI=1S/C20H26N2O4S/c1-3-16(2)17-6-8-19(9-7-17)27(24,25)22-12-10-21(11-13-22)20(23)15-18-5-4-14-26-18/h4-9,14,16H,3,10-13,15H2,1-2H3. The predicted octanol–water partition coefficient (Wildman–Crippen LogP) is 2.87. The summed E-state index contributed by atoms with van der Waals surface area (Å²) >= 11 is 0. The molecule has 0 bridgehead atoms. The lowest BCUT2D eigenvalue weighted by molar-refractivity contribution is -0.131. The maximum atomic E-state index is 12.9. The van der Waals surface area contributed by atoms with E-state index in [4.69, 9.17) is 4.42 Å². The van der Waals surface area contributed by atoms with Crippen LogP contribution in [0.2, 0.25) is 0 Å². The van der Waals surface area contributed by atoms with Crippen molar-refractivity contribution in [3.63, 3.8) is 0 Å². The molecular weight excluding hydrogens is 364 g/mol. The lowest BCUT2D eigenvalue weighted by Crippen LogP contribution is -2.50. The molecule has 1 aromatic heterocycles.